The summed E-state index contributed by atoms with van der Waals surface area (Å²) in [7, 11) is 0. The SMILES string of the molecule is O=C(Nc1nnc(-c2ccc(F)cc2)s1)c1ccc(-c2ccccc2)cc1. The summed E-state index contributed by atoms with van der Waals surface area (Å²) in [6.45, 7) is 0. The van der Waals surface area contributed by atoms with E-state index in [1.807, 2.05) is 42.5 Å². The fourth-order valence-corrected chi connectivity index (χ4v) is 3.34. The van der Waals surface area contributed by atoms with Gasteiger partial charge in [-0.15, -0.1) is 10.2 Å². The van der Waals surface area contributed by atoms with Crippen LogP contribution in [0.25, 0.3) is 21.7 Å². The number of benzene rings is 3. The van der Waals surface area contributed by atoms with E-state index in [2.05, 4.69) is 15.5 Å². The van der Waals surface area contributed by atoms with E-state index in [-0.39, 0.29) is 11.7 Å². The molecule has 0 unspecified atom stereocenters. The van der Waals surface area contributed by atoms with Gasteiger partial charge >= 0.3 is 0 Å². The average Bonchev–Trinajstić information content (AvgIpc) is 3.18. The number of carbonyl (C=O) groups is 1. The summed E-state index contributed by atoms with van der Waals surface area (Å²) in [6.07, 6.45) is 0. The van der Waals surface area contributed by atoms with E-state index in [1.54, 1.807) is 24.3 Å². The maximum Gasteiger partial charge on any atom is 0.257 e. The number of hydrogen-bond donors (Lipinski definition) is 1. The van der Waals surface area contributed by atoms with Gasteiger partial charge in [0, 0.05) is 11.1 Å². The number of carbonyl (C=O) groups excluding carboxylic acids is 1. The fourth-order valence-electron chi connectivity index (χ4n) is 2.60. The second-order valence-corrected chi connectivity index (χ2v) is 6.79. The molecule has 27 heavy (non-hydrogen) atoms. The van der Waals surface area contributed by atoms with Crippen LogP contribution in [0, 0.1) is 5.82 Å². The summed E-state index contributed by atoms with van der Waals surface area (Å²) in [4.78, 5) is 12.4. The van der Waals surface area contributed by atoms with Gasteiger partial charge in [0.2, 0.25) is 5.13 Å². The zero-order valence-electron chi connectivity index (χ0n) is 14.1. The smallest absolute Gasteiger partial charge is 0.257 e. The molecule has 0 fully saturated rings. The van der Waals surface area contributed by atoms with Gasteiger partial charge in [-0.2, -0.15) is 0 Å². The first-order valence-corrected chi connectivity index (χ1v) is 9.07. The predicted molar refractivity (Wildman–Crippen MR) is 105 cm³/mol. The lowest BCUT2D eigenvalue weighted by molar-refractivity contribution is 0.102. The number of nitrogens with one attached hydrogen (secondary N) is 1. The van der Waals surface area contributed by atoms with E-state index in [4.69, 9.17) is 0 Å². The Bertz CT molecular complexity index is 1060. The van der Waals surface area contributed by atoms with Crippen LogP contribution >= 0.6 is 11.3 Å². The molecule has 0 radical (unpaired) electrons. The Balaban J connectivity index is 1.47. The summed E-state index contributed by atoms with van der Waals surface area (Å²) in [5.74, 6) is -0.563. The Labute approximate surface area is 159 Å². The van der Waals surface area contributed by atoms with Crippen molar-refractivity contribution in [1.82, 2.24) is 10.2 Å². The molecular weight excluding hydrogens is 361 g/mol. The van der Waals surface area contributed by atoms with Crippen molar-refractivity contribution in [2.75, 3.05) is 5.32 Å². The third-order valence-electron chi connectivity index (χ3n) is 3.99. The predicted octanol–water partition coefficient (Wildman–Crippen LogP) is 5.26. The lowest BCUT2D eigenvalue weighted by Gasteiger charge is -2.04. The van der Waals surface area contributed by atoms with E-state index >= 15 is 0 Å². The molecule has 0 saturated heterocycles. The molecule has 3 aromatic carbocycles. The molecule has 4 nitrogen and oxygen atoms in total. The van der Waals surface area contributed by atoms with Crippen LogP contribution < -0.4 is 5.32 Å². The number of nitrogens with zero attached hydrogens (tertiary/aromatic N) is 2. The van der Waals surface area contributed by atoms with Crippen molar-refractivity contribution in [3.05, 3.63) is 90.2 Å². The fraction of sp³-hybridized carbons (Fsp3) is 0. The molecule has 132 valence electrons. The molecule has 6 heteroatoms. The highest BCUT2D eigenvalue weighted by atomic mass is 32.1. The number of halogens is 1. The Hall–Kier alpha value is -3.38. The van der Waals surface area contributed by atoms with Gasteiger partial charge in [0.15, 0.2) is 0 Å². The van der Waals surface area contributed by atoms with Gasteiger partial charge in [0.25, 0.3) is 5.91 Å². The molecule has 1 heterocycles. The lowest BCUT2D eigenvalue weighted by atomic mass is 10.0. The molecule has 0 spiro atoms. The third-order valence-corrected chi connectivity index (χ3v) is 4.88. The molecule has 1 amide bonds. The van der Waals surface area contributed by atoms with E-state index in [1.165, 1.54) is 23.5 Å². The summed E-state index contributed by atoms with van der Waals surface area (Å²) < 4.78 is 13.0. The highest BCUT2D eigenvalue weighted by Crippen LogP contribution is 2.27. The third kappa shape index (κ3) is 3.91. The largest absolute Gasteiger partial charge is 0.296 e. The molecule has 0 saturated carbocycles. The molecule has 1 N–H and O–H groups in total. The first kappa shape index (κ1) is 17.1. The molecular formula is C21H14FN3OS. The summed E-state index contributed by atoms with van der Waals surface area (Å²) in [5.41, 5.74) is 3.43. The second-order valence-electron chi connectivity index (χ2n) is 5.82. The van der Waals surface area contributed by atoms with Crippen molar-refractivity contribution >= 4 is 22.4 Å². The van der Waals surface area contributed by atoms with E-state index in [0.717, 1.165) is 16.7 Å². The molecule has 4 rings (SSSR count). The van der Waals surface area contributed by atoms with Crippen molar-refractivity contribution in [1.29, 1.82) is 0 Å². The Morgan fingerprint density at radius 2 is 1.41 bits per heavy atom. The number of rotatable bonds is 4. The maximum atomic E-state index is 13.0. The number of hydrogen-bond acceptors (Lipinski definition) is 4. The first-order chi connectivity index (χ1) is 13.2. The van der Waals surface area contributed by atoms with Gasteiger partial charge in [0.05, 0.1) is 0 Å². The highest BCUT2D eigenvalue weighted by molar-refractivity contribution is 7.18. The van der Waals surface area contributed by atoms with Gasteiger partial charge in [0.1, 0.15) is 10.8 Å². The first-order valence-electron chi connectivity index (χ1n) is 8.25. The van der Waals surface area contributed by atoms with Crippen molar-refractivity contribution in [2.24, 2.45) is 0 Å². The van der Waals surface area contributed by atoms with E-state index < -0.39 is 0 Å². The summed E-state index contributed by atoms with van der Waals surface area (Å²) >= 11 is 1.24. The van der Waals surface area contributed by atoms with Crippen molar-refractivity contribution in [3.8, 4) is 21.7 Å². The van der Waals surface area contributed by atoms with Crippen LogP contribution in [0.2, 0.25) is 0 Å². The van der Waals surface area contributed by atoms with Gasteiger partial charge in [-0.3, -0.25) is 10.1 Å². The summed E-state index contributed by atoms with van der Waals surface area (Å²) in [5, 5.41) is 11.8. The van der Waals surface area contributed by atoms with E-state index in [9.17, 15) is 9.18 Å². The van der Waals surface area contributed by atoms with Crippen LogP contribution in [-0.2, 0) is 0 Å². The van der Waals surface area contributed by atoms with Crippen LogP contribution in [-0.4, -0.2) is 16.1 Å². The molecule has 0 aliphatic rings. The normalized spacial score (nSPS) is 10.6. The molecule has 0 aliphatic carbocycles. The van der Waals surface area contributed by atoms with Crippen LogP contribution in [0.3, 0.4) is 0 Å². The quantitative estimate of drug-likeness (QED) is 0.529. The molecule has 0 aliphatic heterocycles. The van der Waals surface area contributed by atoms with Crippen molar-refractivity contribution < 1.29 is 9.18 Å². The van der Waals surface area contributed by atoms with Crippen molar-refractivity contribution in [3.63, 3.8) is 0 Å². The lowest BCUT2D eigenvalue weighted by Crippen LogP contribution is -2.11. The zero-order chi connectivity index (χ0) is 18.6. The highest BCUT2D eigenvalue weighted by Gasteiger charge is 2.11. The van der Waals surface area contributed by atoms with Gasteiger partial charge in [-0.1, -0.05) is 53.8 Å². The number of anilines is 1. The second kappa shape index (κ2) is 7.47. The minimum Gasteiger partial charge on any atom is -0.296 e. The van der Waals surface area contributed by atoms with Gasteiger partial charge in [-0.25, -0.2) is 4.39 Å². The van der Waals surface area contributed by atoms with Crippen LogP contribution in [0.15, 0.2) is 78.9 Å². The summed E-state index contributed by atoms with van der Waals surface area (Å²) in [6, 6.07) is 23.3. The number of amides is 1. The van der Waals surface area contributed by atoms with Crippen LogP contribution in [0.4, 0.5) is 9.52 Å². The molecule has 0 bridgehead atoms. The van der Waals surface area contributed by atoms with Crippen molar-refractivity contribution in [2.45, 2.75) is 0 Å². The maximum absolute atomic E-state index is 13.0. The molecule has 0 atom stereocenters. The minimum absolute atomic E-state index is 0.253. The Morgan fingerprint density at radius 3 is 2.11 bits per heavy atom. The Kier molecular flexibility index (Phi) is 4.72. The van der Waals surface area contributed by atoms with Gasteiger partial charge in [-0.05, 0) is 47.5 Å². The Morgan fingerprint density at radius 1 is 0.778 bits per heavy atom. The monoisotopic (exact) mass is 375 g/mol. The van der Waals surface area contributed by atoms with Crippen LogP contribution in [0.5, 0.6) is 0 Å². The molecule has 1 aromatic heterocycles. The topological polar surface area (TPSA) is 54.9 Å². The standard InChI is InChI=1S/C21H14FN3OS/c22-18-12-10-17(11-13-18)20-24-25-21(27-20)23-19(26)16-8-6-15(7-9-16)14-4-2-1-3-5-14/h1-13H,(H,23,25,26). The minimum atomic E-state index is -0.309. The van der Waals surface area contributed by atoms with Gasteiger partial charge < -0.3 is 0 Å². The zero-order valence-corrected chi connectivity index (χ0v) is 14.9. The van der Waals surface area contributed by atoms with Crippen LogP contribution in [0.1, 0.15) is 10.4 Å². The average molecular weight is 375 g/mol. The molecule has 4 aromatic rings. The van der Waals surface area contributed by atoms with E-state index in [0.29, 0.717) is 15.7 Å². The number of aromatic nitrogens is 2.